The topological polar surface area (TPSA) is 15.3 Å². The van der Waals surface area contributed by atoms with Crippen molar-refractivity contribution in [3.63, 3.8) is 0 Å². The van der Waals surface area contributed by atoms with Crippen LogP contribution in [0.15, 0.2) is 0 Å². The van der Waals surface area contributed by atoms with Crippen LogP contribution in [-0.2, 0) is 0 Å². The molecular weight excluding hydrogens is 256 g/mol. The van der Waals surface area contributed by atoms with E-state index in [1.165, 1.54) is 71.0 Å². The lowest BCUT2D eigenvalue weighted by Crippen LogP contribution is -2.66. The van der Waals surface area contributed by atoms with Crippen molar-refractivity contribution in [2.45, 2.75) is 90.6 Å². The number of hydrogen-bond acceptors (Lipinski definition) is 2. The zero-order chi connectivity index (χ0) is 15.3. The Morgan fingerprint density at radius 1 is 1.10 bits per heavy atom. The van der Waals surface area contributed by atoms with E-state index in [-0.39, 0.29) is 0 Å². The number of piperazine rings is 1. The number of rotatable bonds is 6. The van der Waals surface area contributed by atoms with Crippen molar-refractivity contribution in [3.8, 4) is 0 Å². The SMILES string of the molecule is CCC(C)CN1CC(CC)(CC)NCC1C1CCCCC1. The average molecular weight is 295 g/mol. The lowest BCUT2D eigenvalue weighted by molar-refractivity contribution is 0.0229. The Balaban J connectivity index is 2.07. The predicted molar refractivity (Wildman–Crippen MR) is 92.7 cm³/mol. The molecule has 2 fully saturated rings. The van der Waals surface area contributed by atoms with E-state index in [4.69, 9.17) is 0 Å². The molecule has 124 valence electrons. The van der Waals surface area contributed by atoms with E-state index in [2.05, 4.69) is 37.9 Å². The summed E-state index contributed by atoms with van der Waals surface area (Å²) in [5.41, 5.74) is 0.374. The second-order valence-corrected chi connectivity index (χ2v) is 7.78. The van der Waals surface area contributed by atoms with Crippen LogP contribution in [0.1, 0.15) is 79.1 Å². The van der Waals surface area contributed by atoms with E-state index in [0.29, 0.717) is 5.54 Å². The van der Waals surface area contributed by atoms with Crippen molar-refractivity contribution in [3.05, 3.63) is 0 Å². The standard InChI is InChI=1S/C19H38N2/c1-5-16(4)14-21-15-19(6-2,7-3)20-13-18(21)17-11-9-8-10-12-17/h16-18,20H,5-15H2,1-4H3. The summed E-state index contributed by atoms with van der Waals surface area (Å²) in [4.78, 5) is 2.88. The van der Waals surface area contributed by atoms with Gasteiger partial charge in [0, 0.05) is 31.2 Å². The molecule has 0 spiro atoms. The molecule has 2 atom stereocenters. The van der Waals surface area contributed by atoms with E-state index < -0.39 is 0 Å². The molecule has 2 unspecified atom stereocenters. The second-order valence-electron chi connectivity index (χ2n) is 7.78. The molecule has 0 amide bonds. The molecule has 2 rings (SSSR count). The summed E-state index contributed by atoms with van der Waals surface area (Å²) in [6, 6.07) is 0.797. The van der Waals surface area contributed by atoms with Crippen LogP contribution >= 0.6 is 0 Å². The van der Waals surface area contributed by atoms with Crippen LogP contribution in [0.2, 0.25) is 0 Å². The maximum absolute atomic E-state index is 3.96. The first-order chi connectivity index (χ1) is 10.1. The second kappa shape index (κ2) is 7.97. The summed E-state index contributed by atoms with van der Waals surface area (Å²) in [5, 5.41) is 3.96. The Bertz CT molecular complexity index is 292. The molecule has 1 saturated carbocycles. The van der Waals surface area contributed by atoms with Crippen LogP contribution in [-0.4, -0.2) is 36.1 Å². The van der Waals surface area contributed by atoms with Crippen LogP contribution in [0.25, 0.3) is 0 Å². The minimum atomic E-state index is 0.374. The quantitative estimate of drug-likeness (QED) is 0.779. The molecule has 2 heteroatoms. The van der Waals surface area contributed by atoms with Gasteiger partial charge >= 0.3 is 0 Å². The molecule has 2 aliphatic rings. The highest BCUT2D eigenvalue weighted by Crippen LogP contribution is 2.33. The Morgan fingerprint density at radius 2 is 1.76 bits per heavy atom. The van der Waals surface area contributed by atoms with Crippen molar-refractivity contribution in [1.29, 1.82) is 0 Å². The van der Waals surface area contributed by atoms with Gasteiger partial charge in [0.05, 0.1) is 0 Å². The molecule has 1 aliphatic heterocycles. The van der Waals surface area contributed by atoms with Crippen molar-refractivity contribution in [1.82, 2.24) is 10.2 Å². The maximum Gasteiger partial charge on any atom is 0.0304 e. The first-order valence-electron chi connectivity index (χ1n) is 9.63. The van der Waals surface area contributed by atoms with E-state index in [1.807, 2.05) is 0 Å². The van der Waals surface area contributed by atoms with Gasteiger partial charge in [-0.25, -0.2) is 0 Å². The van der Waals surface area contributed by atoms with E-state index in [0.717, 1.165) is 17.9 Å². The first kappa shape index (κ1) is 17.3. The van der Waals surface area contributed by atoms with Crippen LogP contribution in [0.4, 0.5) is 0 Å². The van der Waals surface area contributed by atoms with Crippen molar-refractivity contribution in [2.24, 2.45) is 11.8 Å². The fourth-order valence-corrected chi connectivity index (χ4v) is 4.45. The summed E-state index contributed by atoms with van der Waals surface area (Å²) < 4.78 is 0. The lowest BCUT2D eigenvalue weighted by Gasteiger charge is -2.51. The van der Waals surface area contributed by atoms with Gasteiger partial charge in [-0.15, -0.1) is 0 Å². The average Bonchev–Trinajstić information content (AvgIpc) is 2.55. The first-order valence-corrected chi connectivity index (χ1v) is 9.63. The van der Waals surface area contributed by atoms with Crippen molar-refractivity contribution in [2.75, 3.05) is 19.6 Å². The van der Waals surface area contributed by atoms with Gasteiger partial charge in [-0.05, 0) is 37.5 Å². The molecule has 0 aromatic rings. The summed E-state index contributed by atoms with van der Waals surface area (Å²) in [5.74, 6) is 1.78. The molecule has 1 saturated heterocycles. The van der Waals surface area contributed by atoms with Gasteiger partial charge in [0.2, 0.25) is 0 Å². The molecule has 2 nitrogen and oxygen atoms in total. The number of hydrogen-bond donors (Lipinski definition) is 1. The van der Waals surface area contributed by atoms with Gasteiger partial charge < -0.3 is 5.32 Å². The molecular formula is C19H38N2. The molecule has 0 aromatic heterocycles. The highest BCUT2D eigenvalue weighted by Gasteiger charge is 2.40. The maximum atomic E-state index is 3.96. The zero-order valence-electron chi connectivity index (χ0n) is 15.0. The third kappa shape index (κ3) is 4.22. The summed E-state index contributed by atoms with van der Waals surface area (Å²) >= 11 is 0. The van der Waals surface area contributed by atoms with Gasteiger partial charge in [-0.2, -0.15) is 0 Å². The van der Waals surface area contributed by atoms with E-state index in [9.17, 15) is 0 Å². The van der Waals surface area contributed by atoms with Gasteiger partial charge in [0.15, 0.2) is 0 Å². The van der Waals surface area contributed by atoms with Gasteiger partial charge in [0.25, 0.3) is 0 Å². The fraction of sp³-hybridized carbons (Fsp3) is 1.00. The fourth-order valence-electron chi connectivity index (χ4n) is 4.45. The highest BCUT2D eigenvalue weighted by atomic mass is 15.3. The monoisotopic (exact) mass is 294 g/mol. The minimum Gasteiger partial charge on any atom is -0.308 e. The molecule has 1 N–H and O–H groups in total. The molecule has 1 heterocycles. The normalized spacial score (nSPS) is 29.4. The van der Waals surface area contributed by atoms with Crippen LogP contribution in [0.3, 0.4) is 0 Å². The Hall–Kier alpha value is -0.0800. The Morgan fingerprint density at radius 3 is 2.33 bits per heavy atom. The van der Waals surface area contributed by atoms with E-state index >= 15 is 0 Å². The van der Waals surface area contributed by atoms with Crippen LogP contribution < -0.4 is 5.32 Å². The van der Waals surface area contributed by atoms with Crippen LogP contribution in [0, 0.1) is 11.8 Å². The Kier molecular flexibility index (Phi) is 6.55. The minimum absolute atomic E-state index is 0.374. The molecule has 0 radical (unpaired) electrons. The molecule has 0 bridgehead atoms. The van der Waals surface area contributed by atoms with Gasteiger partial charge in [-0.3, -0.25) is 4.90 Å². The third-order valence-corrected chi connectivity index (χ3v) is 6.45. The zero-order valence-corrected chi connectivity index (χ0v) is 15.0. The molecule has 1 aliphatic carbocycles. The van der Waals surface area contributed by atoms with Crippen LogP contribution in [0.5, 0.6) is 0 Å². The van der Waals surface area contributed by atoms with Gasteiger partial charge in [-0.1, -0.05) is 53.4 Å². The van der Waals surface area contributed by atoms with E-state index in [1.54, 1.807) is 0 Å². The summed E-state index contributed by atoms with van der Waals surface area (Å²) in [6.45, 7) is 13.3. The number of nitrogens with zero attached hydrogens (tertiary/aromatic N) is 1. The Labute approximate surface area is 133 Å². The summed E-state index contributed by atoms with van der Waals surface area (Å²) in [7, 11) is 0. The number of nitrogens with one attached hydrogen (secondary N) is 1. The lowest BCUT2D eigenvalue weighted by atomic mass is 9.79. The van der Waals surface area contributed by atoms with Gasteiger partial charge in [0.1, 0.15) is 0 Å². The smallest absolute Gasteiger partial charge is 0.0304 e. The molecule has 0 aromatic carbocycles. The largest absolute Gasteiger partial charge is 0.308 e. The summed E-state index contributed by atoms with van der Waals surface area (Å²) in [6.07, 6.45) is 11.2. The van der Waals surface area contributed by atoms with Crippen molar-refractivity contribution < 1.29 is 0 Å². The molecule has 21 heavy (non-hydrogen) atoms. The third-order valence-electron chi connectivity index (χ3n) is 6.45. The highest BCUT2D eigenvalue weighted by molar-refractivity contribution is 4.99. The van der Waals surface area contributed by atoms with Crippen molar-refractivity contribution >= 4 is 0 Å². The predicted octanol–water partition coefficient (Wildman–Crippen LogP) is 4.45.